The molecule has 0 amide bonds. The van der Waals surface area contributed by atoms with Gasteiger partial charge in [0.1, 0.15) is 6.10 Å². The van der Waals surface area contributed by atoms with Crippen molar-refractivity contribution in [1.82, 2.24) is 9.97 Å². The van der Waals surface area contributed by atoms with Gasteiger partial charge in [0.25, 0.3) is 0 Å². The van der Waals surface area contributed by atoms with Crippen LogP contribution in [0, 0.1) is 5.92 Å². The summed E-state index contributed by atoms with van der Waals surface area (Å²) in [6.45, 7) is 19.9. The molecule has 10 heteroatoms. The van der Waals surface area contributed by atoms with Crippen LogP contribution in [0.3, 0.4) is 0 Å². The maximum Gasteiger partial charge on any atom is 0.347 e. The molecule has 0 radical (unpaired) electrons. The standard InChI is InChI=1S/C23H42N2O6Si2/c1-13(2)32(14(3)4)29-12-20(26)21(30-33(31-32,15(5)6)16(7)8)19-11-28-22-18(17(19)9)10-24-23(27)25-22/h10,13-17,19-21,26H,11-12H2,1-9H3,(H,24,25,27)/t17-,19-,20+,21?/m0/s1. The number of aromatic nitrogens is 2. The summed E-state index contributed by atoms with van der Waals surface area (Å²) in [5.74, 6) is 0.290. The number of aliphatic hydroxyl groups excluding tert-OH is 1. The van der Waals surface area contributed by atoms with Gasteiger partial charge in [0.05, 0.1) is 19.3 Å². The minimum Gasteiger partial charge on any atom is -0.478 e. The van der Waals surface area contributed by atoms with Gasteiger partial charge in [-0.15, -0.1) is 0 Å². The van der Waals surface area contributed by atoms with Crippen molar-refractivity contribution in [2.24, 2.45) is 5.92 Å². The maximum absolute atomic E-state index is 11.6. The number of H-pyrrole nitrogens is 1. The fourth-order valence-electron chi connectivity index (χ4n) is 5.45. The van der Waals surface area contributed by atoms with Crippen molar-refractivity contribution in [3.63, 3.8) is 0 Å². The van der Waals surface area contributed by atoms with Gasteiger partial charge in [-0.25, -0.2) is 9.78 Å². The highest BCUT2D eigenvalue weighted by atomic mass is 28.5. The third-order valence-corrected chi connectivity index (χ3v) is 17.7. The van der Waals surface area contributed by atoms with Gasteiger partial charge in [-0.05, 0) is 28.1 Å². The average molecular weight is 499 g/mol. The Kier molecular flexibility index (Phi) is 7.97. The van der Waals surface area contributed by atoms with Crippen LogP contribution in [0.5, 0.6) is 5.88 Å². The third kappa shape index (κ3) is 4.74. The van der Waals surface area contributed by atoms with Gasteiger partial charge < -0.3 is 22.8 Å². The van der Waals surface area contributed by atoms with Crippen molar-refractivity contribution in [1.29, 1.82) is 0 Å². The van der Waals surface area contributed by atoms with Crippen LogP contribution in [-0.2, 0) is 13.0 Å². The lowest BCUT2D eigenvalue weighted by molar-refractivity contribution is -0.0766. The van der Waals surface area contributed by atoms with E-state index in [0.29, 0.717) is 12.5 Å². The van der Waals surface area contributed by atoms with E-state index in [1.807, 2.05) is 0 Å². The first-order valence-corrected chi connectivity index (χ1v) is 16.2. The molecule has 33 heavy (non-hydrogen) atoms. The number of ether oxygens (including phenoxy) is 1. The molecular formula is C23H42N2O6Si2. The van der Waals surface area contributed by atoms with Crippen LogP contribution in [0.25, 0.3) is 0 Å². The Morgan fingerprint density at radius 2 is 1.58 bits per heavy atom. The maximum atomic E-state index is 11.6. The van der Waals surface area contributed by atoms with Crippen molar-refractivity contribution < 1.29 is 22.8 Å². The lowest BCUT2D eigenvalue weighted by Crippen LogP contribution is -2.66. The average Bonchev–Trinajstić information content (AvgIpc) is 2.71. The molecule has 1 aromatic rings. The highest BCUT2D eigenvalue weighted by molar-refractivity contribution is 6.83. The minimum absolute atomic E-state index is 0.0274. The van der Waals surface area contributed by atoms with Gasteiger partial charge in [0.15, 0.2) is 5.88 Å². The Morgan fingerprint density at radius 3 is 2.12 bits per heavy atom. The van der Waals surface area contributed by atoms with E-state index >= 15 is 0 Å². The van der Waals surface area contributed by atoms with E-state index in [1.54, 1.807) is 6.20 Å². The van der Waals surface area contributed by atoms with Gasteiger partial charge in [-0.3, -0.25) is 4.98 Å². The summed E-state index contributed by atoms with van der Waals surface area (Å²) < 4.78 is 26.8. The molecule has 8 nitrogen and oxygen atoms in total. The van der Waals surface area contributed by atoms with Crippen LogP contribution >= 0.6 is 0 Å². The first-order chi connectivity index (χ1) is 15.4. The number of nitrogens with one attached hydrogen (secondary N) is 1. The van der Waals surface area contributed by atoms with E-state index in [9.17, 15) is 9.90 Å². The first-order valence-electron chi connectivity index (χ1n) is 12.3. The highest BCUT2D eigenvalue weighted by Crippen LogP contribution is 2.48. The van der Waals surface area contributed by atoms with E-state index in [0.717, 1.165) is 5.56 Å². The Hall–Kier alpha value is -1.05. The topological polar surface area (TPSA) is 103 Å². The monoisotopic (exact) mass is 498 g/mol. The summed E-state index contributed by atoms with van der Waals surface area (Å²) in [7, 11) is -5.54. The van der Waals surface area contributed by atoms with E-state index in [-0.39, 0.29) is 40.6 Å². The number of aromatic amines is 1. The molecule has 3 rings (SSSR count). The molecule has 1 saturated heterocycles. The van der Waals surface area contributed by atoms with Crippen LogP contribution in [0.2, 0.25) is 22.2 Å². The van der Waals surface area contributed by atoms with Crippen LogP contribution < -0.4 is 10.4 Å². The Balaban J connectivity index is 2.05. The van der Waals surface area contributed by atoms with Crippen LogP contribution in [-0.4, -0.2) is 57.6 Å². The van der Waals surface area contributed by atoms with Crippen LogP contribution in [0.1, 0.15) is 73.8 Å². The third-order valence-electron chi connectivity index (χ3n) is 7.50. The first kappa shape index (κ1) is 26.6. The molecule has 1 fully saturated rings. The number of nitrogens with zero attached hydrogens (tertiary/aromatic N) is 1. The summed E-state index contributed by atoms with van der Waals surface area (Å²) in [6.07, 6.45) is 0.247. The zero-order chi connectivity index (χ0) is 24.7. The largest absolute Gasteiger partial charge is 0.478 e. The van der Waals surface area contributed by atoms with Crippen molar-refractivity contribution in [2.75, 3.05) is 13.2 Å². The summed E-state index contributed by atoms with van der Waals surface area (Å²) in [5.41, 5.74) is 1.17. The van der Waals surface area contributed by atoms with Gasteiger partial charge in [0, 0.05) is 17.7 Å². The molecule has 3 heterocycles. The minimum atomic E-state index is -2.85. The quantitative estimate of drug-likeness (QED) is 0.587. The molecule has 1 unspecified atom stereocenters. The normalized spacial score (nSPS) is 29.6. The van der Waals surface area contributed by atoms with Crippen LogP contribution in [0.4, 0.5) is 0 Å². The number of rotatable bonds is 5. The number of hydrogen-bond donors (Lipinski definition) is 2. The molecule has 0 saturated carbocycles. The van der Waals surface area contributed by atoms with Gasteiger partial charge in [0.2, 0.25) is 0 Å². The van der Waals surface area contributed by atoms with E-state index < -0.39 is 35.0 Å². The molecule has 0 aromatic carbocycles. The molecule has 0 aliphatic carbocycles. The SMILES string of the molecule is CC(C)[Si]1(C(C)C)OC[C@@H](O)C([C@H]2COc3[nH]c(=O)ncc3[C@@H]2C)O[Si](C(C)C)(C(C)C)O1. The molecule has 2 aliphatic rings. The second-order valence-corrected chi connectivity index (χ2v) is 19.7. The van der Waals surface area contributed by atoms with E-state index in [1.165, 1.54) is 0 Å². The zero-order valence-electron chi connectivity index (χ0n) is 21.5. The second kappa shape index (κ2) is 9.90. The molecule has 2 N–H and O–H groups in total. The molecular weight excluding hydrogens is 456 g/mol. The lowest BCUT2D eigenvalue weighted by Gasteiger charge is -2.53. The highest BCUT2D eigenvalue weighted by Gasteiger charge is 2.59. The molecule has 188 valence electrons. The van der Waals surface area contributed by atoms with E-state index in [4.69, 9.17) is 17.7 Å². The van der Waals surface area contributed by atoms with E-state index in [2.05, 4.69) is 72.3 Å². The lowest BCUT2D eigenvalue weighted by atomic mass is 9.82. The smallest absolute Gasteiger partial charge is 0.347 e. The van der Waals surface area contributed by atoms with Crippen molar-refractivity contribution in [2.45, 2.75) is 103 Å². The number of fused-ring (bicyclic) bond motifs is 1. The predicted molar refractivity (Wildman–Crippen MR) is 132 cm³/mol. The summed E-state index contributed by atoms with van der Waals surface area (Å²) in [6, 6.07) is 0. The predicted octanol–water partition coefficient (Wildman–Crippen LogP) is 4.20. The molecule has 1 aromatic heterocycles. The number of aliphatic hydroxyl groups is 1. The zero-order valence-corrected chi connectivity index (χ0v) is 23.5. The molecule has 2 aliphatic heterocycles. The second-order valence-electron chi connectivity index (χ2n) is 10.9. The fraction of sp³-hybridized carbons (Fsp3) is 0.826. The van der Waals surface area contributed by atoms with Crippen molar-refractivity contribution in [3.05, 3.63) is 22.2 Å². The van der Waals surface area contributed by atoms with Gasteiger partial charge >= 0.3 is 22.8 Å². The summed E-state index contributed by atoms with van der Waals surface area (Å²) in [4.78, 5) is 18.2. The van der Waals surface area contributed by atoms with Crippen LogP contribution in [0.15, 0.2) is 11.0 Å². The summed E-state index contributed by atoms with van der Waals surface area (Å²) in [5, 5.41) is 11.4. The Bertz CT molecular complexity index is 859. The molecule has 0 bridgehead atoms. The van der Waals surface area contributed by atoms with Crippen molar-refractivity contribution >= 4 is 17.1 Å². The van der Waals surface area contributed by atoms with Crippen molar-refractivity contribution in [3.8, 4) is 5.88 Å². The Labute approximate surface area is 199 Å². The van der Waals surface area contributed by atoms with Gasteiger partial charge in [-0.1, -0.05) is 62.3 Å². The van der Waals surface area contributed by atoms with Gasteiger partial charge in [-0.2, -0.15) is 0 Å². The summed E-state index contributed by atoms with van der Waals surface area (Å²) >= 11 is 0. The molecule has 4 atom stereocenters. The number of hydrogen-bond acceptors (Lipinski definition) is 7. The fourth-order valence-corrected chi connectivity index (χ4v) is 16.7. The molecule has 0 spiro atoms. The Morgan fingerprint density at radius 1 is 1.00 bits per heavy atom.